The van der Waals surface area contributed by atoms with Gasteiger partial charge in [-0.2, -0.15) is 0 Å². The first-order valence-corrected chi connectivity index (χ1v) is 6.72. The zero-order valence-electron chi connectivity index (χ0n) is 10.5. The number of carboxylic acids is 1. The predicted octanol–water partition coefficient (Wildman–Crippen LogP) is 2.90. The van der Waals surface area contributed by atoms with Gasteiger partial charge < -0.3 is 10.2 Å². The Balaban J connectivity index is 4.28. The second-order valence-corrected chi connectivity index (χ2v) is 6.31. The maximum Gasteiger partial charge on any atom is 0.306 e. The van der Waals surface area contributed by atoms with Crippen molar-refractivity contribution in [1.82, 2.24) is 0 Å². The number of hydrogen-bond donors (Lipinski definition) is 2. The molecule has 96 valence electrons. The summed E-state index contributed by atoms with van der Waals surface area (Å²) in [6.45, 7) is 7.91. The van der Waals surface area contributed by atoms with E-state index in [1.807, 2.05) is 13.8 Å². The van der Waals surface area contributed by atoms with Crippen LogP contribution >= 0.6 is 15.9 Å². The predicted molar refractivity (Wildman–Crippen MR) is 68.8 cm³/mol. The lowest BCUT2D eigenvalue weighted by molar-refractivity contribution is -0.144. The highest BCUT2D eigenvalue weighted by Gasteiger charge is 2.28. The van der Waals surface area contributed by atoms with Crippen molar-refractivity contribution < 1.29 is 15.0 Å². The number of hydrogen-bond acceptors (Lipinski definition) is 2. The summed E-state index contributed by atoms with van der Waals surface area (Å²) in [5, 5.41) is 19.0. The Morgan fingerprint density at radius 3 is 2.00 bits per heavy atom. The highest BCUT2D eigenvalue weighted by atomic mass is 79.9. The fourth-order valence-corrected chi connectivity index (χ4v) is 2.64. The van der Waals surface area contributed by atoms with Gasteiger partial charge in [0.15, 0.2) is 0 Å². The van der Waals surface area contributed by atoms with Crippen molar-refractivity contribution in [1.29, 1.82) is 0 Å². The summed E-state index contributed by atoms with van der Waals surface area (Å²) in [4.78, 5) is 11.0. The molecule has 0 amide bonds. The molecule has 3 atom stereocenters. The molecule has 0 fully saturated rings. The Hall–Kier alpha value is -0.0900. The molecule has 0 saturated heterocycles. The van der Waals surface area contributed by atoms with Gasteiger partial charge in [-0.15, -0.1) is 0 Å². The van der Waals surface area contributed by atoms with E-state index in [-0.39, 0.29) is 10.7 Å². The van der Waals surface area contributed by atoms with Crippen molar-refractivity contribution in [2.24, 2.45) is 17.8 Å². The molecule has 3 nitrogen and oxygen atoms in total. The van der Waals surface area contributed by atoms with E-state index in [0.29, 0.717) is 12.3 Å². The van der Waals surface area contributed by atoms with Gasteiger partial charge in [-0.3, -0.25) is 4.79 Å². The molecule has 0 saturated carbocycles. The highest BCUT2D eigenvalue weighted by Crippen LogP contribution is 2.24. The van der Waals surface area contributed by atoms with E-state index in [2.05, 4.69) is 29.8 Å². The van der Waals surface area contributed by atoms with Crippen molar-refractivity contribution in [3.05, 3.63) is 0 Å². The number of halogens is 1. The minimum absolute atomic E-state index is 0.0203. The molecule has 0 radical (unpaired) electrons. The number of aliphatic hydroxyl groups excluding tert-OH is 1. The van der Waals surface area contributed by atoms with Gasteiger partial charge in [0.2, 0.25) is 0 Å². The van der Waals surface area contributed by atoms with Gasteiger partial charge in [0.05, 0.1) is 12.0 Å². The molecule has 0 bridgehead atoms. The minimum atomic E-state index is -0.821. The van der Waals surface area contributed by atoms with Crippen molar-refractivity contribution in [3.63, 3.8) is 0 Å². The first kappa shape index (κ1) is 15.9. The van der Waals surface area contributed by atoms with E-state index in [1.165, 1.54) is 0 Å². The summed E-state index contributed by atoms with van der Waals surface area (Å²) < 4.78 is 0. The van der Waals surface area contributed by atoms with Crippen molar-refractivity contribution in [2.45, 2.75) is 51.5 Å². The van der Waals surface area contributed by atoms with Crippen LogP contribution in [0.25, 0.3) is 0 Å². The lowest BCUT2D eigenvalue weighted by atomic mass is 9.88. The van der Waals surface area contributed by atoms with Crippen molar-refractivity contribution in [3.8, 4) is 0 Å². The van der Waals surface area contributed by atoms with E-state index < -0.39 is 18.0 Å². The molecule has 0 aliphatic carbocycles. The van der Waals surface area contributed by atoms with Crippen LogP contribution < -0.4 is 0 Å². The fourth-order valence-electron chi connectivity index (χ4n) is 1.67. The topological polar surface area (TPSA) is 57.5 Å². The molecular formula is C12H23BrO3. The zero-order valence-corrected chi connectivity index (χ0v) is 12.1. The first-order valence-electron chi connectivity index (χ1n) is 5.80. The standard InChI is InChI=1S/C12H23BrO3/c1-7(2)5-10(13)11(14)6-9(8(3)4)12(15)16/h7-11,14H,5-6H2,1-4H3,(H,15,16)/t9-,10+,11-/m0/s1. The Kier molecular flexibility index (Phi) is 7.24. The van der Waals surface area contributed by atoms with Gasteiger partial charge in [-0.25, -0.2) is 0 Å². The summed E-state index contributed by atoms with van der Waals surface area (Å²) >= 11 is 3.43. The third-order valence-electron chi connectivity index (χ3n) is 2.73. The summed E-state index contributed by atoms with van der Waals surface area (Å²) in [5.41, 5.74) is 0. The monoisotopic (exact) mass is 294 g/mol. The summed E-state index contributed by atoms with van der Waals surface area (Å²) in [6, 6.07) is 0. The van der Waals surface area contributed by atoms with Gasteiger partial charge >= 0.3 is 5.97 Å². The smallest absolute Gasteiger partial charge is 0.306 e. The second-order valence-electron chi connectivity index (χ2n) is 5.14. The van der Waals surface area contributed by atoms with E-state index in [0.717, 1.165) is 6.42 Å². The maximum atomic E-state index is 11.0. The number of aliphatic hydroxyl groups is 1. The van der Waals surface area contributed by atoms with E-state index in [9.17, 15) is 9.90 Å². The number of carbonyl (C=O) groups is 1. The largest absolute Gasteiger partial charge is 0.481 e. The molecule has 0 aromatic rings. The van der Waals surface area contributed by atoms with Crippen LogP contribution in [0.2, 0.25) is 0 Å². The molecule has 0 aromatic heterocycles. The summed E-state index contributed by atoms with van der Waals surface area (Å²) in [7, 11) is 0. The Morgan fingerprint density at radius 2 is 1.69 bits per heavy atom. The Labute approximate surface area is 106 Å². The molecule has 0 aromatic carbocycles. The quantitative estimate of drug-likeness (QED) is 0.710. The van der Waals surface area contributed by atoms with Crippen LogP contribution in [0.3, 0.4) is 0 Å². The minimum Gasteiger partial charge on any atom is -0.481 e. The molecule has 0 aliphatic heterocycles. The first-order chi connectivity index (χ1) is 7.25. The zero-order chi connectivity index (χ0) is 12.9. The van der Waals surface area contributed by atoms with Crippen LogP contribution in [-0.4, -0.2) is 27.1 Å². The summed E-state index contributed by atoms with van der Waals surface area (Å²) in [5.74, 6) is -0.757. The van der Waals surface area contributed by atoms with Gasteiger partial charge in [-0.05, 0) is 24.7 Å². The van der Waals surface area contributed by atoms with Crippen molar-refractivity contribution in [2.75, 3.05) is 0 Å². The molecule has 0 spiro atoms. The van der Waals surface area contributed by atoms with E-state index in [4.69, 9.17) is 5.11 Å². The Morgan fingerprint density at radius 1 is 1.19 bits per heavy atom. The molecule has 4 heteroatoms. The van der Waals surface area contributed by atoms with Crippen LogP contribution in [-0.2, 0) is 4.79 Å². The third-order valence-corrected chi connectivity index (χ3v) is 3.72. The van der Waals surface area contributed by atoms with Gasteiger partial charge in [0.1, 0.15) is 0 Å². The average molecular weight is 295 g/mol. The Bertz CT molecular complexity index is 216. The van der Waals surface area contributed by atoms with Gasteiger partial charge in [0.25, 0.3) is 0 Å². The highest BCUT2D eigenvalue weighted by molar-refractivity contribution is 9.09. The third kappa shape index (κ3) is 5.85. The SMILES string of the molecule is CC(C)C[C@@H](Br)[C@@H](O)C[C@H](C(=O)O)C(C)C. The lowest BCUT2D eigenvalue weighted by Gasteiger charge is -2.24. The van der Waals surface area contributed by atoms with Crippen LogP contribution in [0.4, 0.5) is 0 Å². The molecule has 16 heavy (non-hydrogen) atoms. The van der Waals surface area contributed by atoms with Crippen LogP contribution in [0.1, 0.15) is 40.5 Å². The number of carboxylic acid groups (broad SMARTS) is 1. The maximum absolute atomic E-state index is 11.0. The van der Waals surface area contributed by atoms with Gasteiger partial charge in [-0.1, -0.05) is 43.6 Å². The van der Waals surface area contributed by atoms with Gasteiger partial charge in [0, 0.05) is 4.83 Å². The van der Waals surface area contributed by atoms with Crippen molar-refractivity contribution >= 4 is 21.9 Å². The number of alkyl halides is 1. The molecule has 0 heterocycles. The molecular weight excluding hydrogens is 272 g/mol. The molecule has 0 rings (SSSR count). The van der Waals surface area contributed by atoms with E-state index in [1.54, 1.807) is 0 Å². The van der Waals surface area contributed by atoms with E-state index >= 15 is 0 Å². The van der Waals surface area contributed by atoms with Crippen LogP contribution in [0.5, 0.6) is 0 Å². The lowest BCUT2D eigenvalue weighted by Crippen LogP contribution is -2.30. The van der Waals surface area contributed by atoms with Crippen LogP contribution in [0.15, 0.2) is 0 Å². The average Bonchev–Trinajstić information content (AvgIpc) is 2.11. The normalized spacial score (nSPS) is 17.5. The summed E-state index contributed by atoms with van der Waals surface area (Å²) in [6.07, 6.45) is 0.576. The number of rotatable bonds is 7. The molecule has 2 N–H and O–H groups in total. The molecule has 0 unspecified atom stereocenters. The number of aliphatic carboxylic acids is 1. The second kappa shape index (κ2) is 7.28. The fraction of sp³-hybridized carbons (Fsp3) is 0.917. The van der Waals surface area contributed by atoms with Crippen LogP contribution in [0, 0.1) is 17.8 Å². The molecule has 0 aliphatic rings.